The molecule has 1 atom stereocenters. The number of fused-ring (bicyclic) bond motifs is 1. The molecule has 1 aliphatic rings. The fraction of sp³-hybridized carbons (Fsp3) is 0.316. The van der Waals surface area contributed by atoms with Crippen molar-refractivity contribution in [2.75, 3.05) is 20.2 Å². The second-order valence-electron chi connectivity index (χ2n) is 6.37. The van der Waals surface area contributed by atoms with Gasteiger partial charge in [-0.15, -0.1) is 0 Å². The van der Waals surface area contributed by atoms with Gasteiger partial charge in [-0.25, -0.2) is 4.98 Å². The fourth-order valence-electron chi connectivity index (χ4n) is 3.44. The van der Waals surface area contributed by atoms with Gasteiger partial charge in [0, 0.05) is 60.3 Å². The van der Waals surface area contributed by atoms with Gasteiger partial charge in [0.2, 0.25) is 5.88 Å². The summed E-state index contributed by atoms with van der Waals surface area (Å²) in [6.45, 7) is 1.49. The summed E-state index contributed by atoms with van der Waals surface area (Å²) in [5, 5.41) is 1.11. The highest BCUT2D eigenvalue weighted by atomic mass is 16.5. The molecule has 6 nitrogen and oxygen atoms in total. The van der Waals surface area contributed by atoms with Gasteiger partial charge < -0.3 is 14.6 Å². The average Bonchev–Trinajstić information content (AvgIpc) is 3.12. The maximum Gasteiger partial charge on any atom is 0.255 e. The molecule has 6 heteroatoms. The summed E-state index contributed by atoms with van der Waals surface area (Å²) >= 11 is 0. The number of pyridine rings is 2. The molecule has 128 valence electrons. The summed E-state index contributed by atoms with van der Waals surface area (Å²) < 4.78 is 5.05. The highest BCUT2D eigenvalue weighted by Crippen LogP contribution is 2.29. The van der Waals surface area contributed by atoms with Gasteiger partial charge in [0.1, 0.15) is 0 Å². The van der Waals surface area contributed by atoms with Crippen molar-refractivity contribution in [3.8, 4) is 5.88 Å². The van der Waals surface area contributed by atoms with Gasteiger partial charge in [0.05, 0.1) is 12.7 Å². The Morgan fingerprint density at radius 3 is 3.00 bits per heavy atom. The number of nitrogens with one attached hydrogen (secondary N) is 1. The zero-order valence-corrected chi connectivity index (χ0v) is 14.1. The number of likely N-dealkylation sites (tertiary alicyclic amines) is 1. The molecule has 3 aromatic heterocycles. The van der Waals surface area contributed by atoms with Gasteiger partial charge >= 0.3 is 0 Å². The summed E-state index contributed by atoms with van der Waals surface area (Å²) in [5.74, 6) is 0.855. The van der Waals surface area contributed by atoms with E-state index in [9.17, 15) is 4.79 Å². The maximum atomic E-state index is 12.8. The molecule has 0 bridgehead atoms. The van der Waals surface area contributed by atoms with Gasteiger partial charge in [-0.05, 0) is 31.0 Å². The van der Waals surface area contributed by atoms with Crippen molar-refractivity contribution in [1.29, 1.82) is 0 Å². The maximum absolute atomic E-state index is 12.8. The third-order valence-corrected chi connectivity index (χ3v) is 4.78. The van der Waals surface area contributed by atoms with Gasteiger partial charge in [-0.2, -0.15) is 0 Å². The predicted molar refractivity (Wildman–Crippen MR) is 94.8 cm³/mol. The summed E-state index contributed by atoms with van der Waals surface area (Å²) in [6.07, 6.45) is 7.30. The number of methoxy groups -OCH3 is 1. The number of aromatic amines is 1. The number of piperidine rings is 1. The van der Waals surface area contributed by atoms with E-state index in [4.69, 9.17) is 4.74 Å². The van der Waals surface area contributed by atoms with Gasteiger partial charge in [0.15, 0.2) is 0 Å². The number of ether oxygens (including phenoxy) is 1. The van der Waals surface area contributed by atoms with Crippen molar-refractivity contribution in [1.82, 2.24) is 19.9 Å². The lowest BCUT2D eigenvalue weighted by atomic mass is 9.94. The monoisotopic (exact) mass is 336 g/mol. The van der Waals surface area contributed by atoms with Crippen molar-refractivity contribution < 1.29 is 9.53 Å². The Bertz CT molecular complexity index is 855. The number of nitrogens with zero attached hydrogens (tertiary/aromatic N) is 3. The number of carbonyl (C=O) groups excluding carboxylic acids is 1. The van der Waals surface area contributed by atoms with E-state index in [1.165, 1.54) is 5.69 Å². The predicted octanol–water partition coefficient (Wildman–Crippen LogP) is 2.99. The first-order chi connectivity index (χ1) is 12.2. The van der Waals surface area contributed by atoms with Crippen molar-refractivity contribution in [3.05, 3.63) is 54.1 Å². The molecule has 4 rings (SSSR count). The second-order valence-corrected chi connectivity index (χ2v) is 6.37. The van der Waals surface area contributed by atoms with Crippen molar-refractivity contribution in [2.24, 2.45) is 0 Å². The lowest BCUT2D eigenvalue weighted by Gasteiger charge is -2.32. The molecule has 1 aliphatic heterocycles. The van der Waals surface area contributed by atoms with E-state index in [-0.39, 0.29) is 5.91 Å². The molecule has 0 radical (unpaired) electrons. The van der Waals surface area contributed by atoms with E-state index in [0.717, 1.165) is 30.3 Å². The highest BCUT2D eigenvalue weighted by molar-refractivity contribution is 5.94. The third-order valence-electron chi connectivity index (χ3n) is 4.78. The Balaban J connectivity index is 1.52. The molecule has 25 heavy (non-hydrogen) atoms. The van der Waals surface area contributed by atoms with Crippen LogP contribution in [0.3, 0.4) is 0 Å². The number of aromatic nitrogens is 3. The molecule has 0 aliphatic carbocycles. The van der Waals surface area contributed by atoms with Crippen LogP contribution in [0.5, 0.6) is 5.88 Å². The zero-order valence-electron chi connectivity index (χ0n) is 14.1. The van der Waals surface area contributed by atoms with Crippen molar-refractivity contribution in [3.63, 3.8) is 0 Å². The normalized spacial score (nSPS) is 17.6. The SMILES string of the molecule is COc1ccc(C(=O)N2CCC[C@@H](c3cc4cnccc4[nH]3)C2)cn1. The van der Waals surface area contributed by atoms with Crippen LogP contribution in [0.15, 0.2) is 42.9 Å². The quantitative estimate of drug-likeness (QED) is 0.798. The Morgan fingerprint density at radius 1 is 1.32 bits per heavy atom. The smallest absolute Gasteiger partial charge is 0.255 e. The molecule has 0 spiro atoms. The standard InChI is InChI=1S/C19H20N4O2/c1-25-18-5-4-13(11-21-18)19(24)23-8-2-3-14(12-23)17-9-15-10-20-7-6-16(15)22-17/h4-7,9-11,14,22H,2-3,8,12H2,1H3/t14-/m1/s1. The summed E-state index contributed by atoms with van der Waals surface area (Å²) in [6, 6.07) is 7.62. The number of carbonyl (C=O) groups is 1. The van der Waals surface area contributed by atoms with E-state index < -0.39 is 0 Å². The molecule has 3 aromatic rings. The minimum atomic E-state index is 0.0256. The second kappa shape index (κ2) is 6.55. The van der Waals surface area contributed by atoms with E-state index >= 15 is 0 Å². The largest absolute Gasteiger partial charge is 0.481 e. The molecule has 0 unspecified atom stereocenters. The number of rotatable bonds is 3. The van der Waals surface area contributed by atoms with Crippen molar-refractivity contribution in [2.45, 2.75) is 18.8 Å². The van der Waals surface area contributed by atoms with Crippen LogP contribution in [0.1, 0.15) is 34.8 Å². The van der Waals surface area contributed by atoms with Crippen LogP contribution >= 0.6 is 0 Å². The van der Waals surface area contributed by atoms with Crippen LogP contribution in [0.4, 0.5) is 0 Å². The van der Waals surface area contributed by atoms with Gasteiger partial charge in [-0.1, -0.05) is 0 Å². The van der Waals surface area contributed by atoms with E-state index in [1.54, 1.807) is 31.6 Å². The van der Waals surface area contributed by atoms with Crippen LogP contribution in [0.2, 0.25) is 0 Å². The fourth-order valence-corrected chi connectivity index (χ4v) is 3.44. The highest BCUT2D eigenvalue weighted by Gasteiger charge is 2.26. The summed E-state index contributed by atoms with van der Waals surface area (Å²) in [4.78, 5) is 26.5. The molecule has 1 fully saturated rings. The van der Waals surface area contributed by atoms with Crippen LogP contribution in [0, 0.1) is 0 Å². The number of amides is 1. The molecule has 1 N–H and O–H groups in total. The Morgan fingerprint density at radius 2 is 2.24 bits per heavy atom. The van der Waals surface area contributed by atoms with Crippen LogP contribution in [-0.2, 0) is 0 Å². The zero-order chi connectivity index (χ0) is 17.2. The Hall–Kier alpha value is -2.89. The first-order valence-electron chi connectivity index (χ1n) is 8.46. The van der Waals surface area contributed by atoms with Crippen LogP contribution in [0.25, 0.3) is 10.9 Å². The van der Waals surface area contributed by atoms with Crippen molar-refractivity contribution >= 4 is 16.8 Å². The third kappa shape index (κ3) is 3.07. The Kier molecular flexibility index (Phi) is 4.09. The average molecular weight is 336 g/mol. The van der Waals surface area contributed by atoms with E-state index in [2.05, 4.69) is 21.0 Å². The van der Waals surface area contributed by atoms with E-state index in [1.807, 2.05) is 17.2 Å². The molecule has 1 amide bonds. The van der Waals surface area contributed by atoms with E-state index in [0.29, 0.717) is 23.9 Å². The van der Waals surface area contributed by atoms with Gasteiger partial charge in [0.25, 0.3) is 5.91 Å². The first kappa shape index (κ1) is 15.6. The van der Waals surface area contributed by atoms with Crippen LogP contribution in [-0.4, -0.2) is 46.0 Å². The summed E-state index contributed by atoms with van der Waals surface area (Å²) in [5.41, 5.74) is 2.86. The molecule has 1 saturated heterocycles. The minimum absolute atomic E-state index is 0.0256. The number of H-pyrrole nitrogens is 1. The molecule has 0 saturated carbocycles. The number of hydrogen-bond donors (Lipinski definition) is 1. The van der Waals surface area contributed by atoms with Gasteiger partial charge in [-0.3, -0.25) is 9.78 Å². The topological polar surface area (TPSA) is 71.1 Å². The molecule has 0 aromatic carbocycles. The lowest BCUT2D eigenvalue weighted by Crippen LogP contribution is -2.39. The first-order valence-corrected chi connectivity index (χ1v) is 8.46. The van der Waals surface area contributed by atoms with Crippen LogP contribution < -0.4 is 4.74 Å². The number of hydrogen-bond acceptors (Lipinski definition) is 4. The summed E-state index contributed by atoms with van der Waals surface area (Å²) in [7, 11) is 1.56. The molecule has 4 heterocycles. The molecular weight excluding hydrogens is 316 g/mol. The Labute approximate surface area is 145 Å². The molecular formula is C19H20N4O2. The minimum Gasteiger partial charge on any atom is -0.481 e. The lowest BCUT2D eigenvalue weighted by molar-refractivity contribution is 0.0705.